The van der Waals surface area contributed by atoms with E-state index in [2.05, 4.69) is 5.73 Å². The molecular formula is C5H7F4NNbO. The van der Waals surface area contributed by atoms with Gasteiger partial charge in [-0.05, 0) is 0 Å². The summed E-state index contributed by atoms with van der Waals surface area (Å²) < 4.78 is 47.0. The summed E-state index contributed by atoms with van der Waals surface area (Å²) in [6, 6.07) is 0. The zero-order valence-corrected chi connectivity index (χ0v) is 8.08. The molecule has 2 N–H and O–H groups in total. The number of carbonyl (C=O) groups excluding carboxylic acids is 1. The van der Waals surface area contributed by atoms with Crippen molar-refractivity contribution in [2.24, 2.45) is 5.73 Å². The number of carbonyl (C=O) groups is 1. The van der Waals surface area contributed by atoms with Gasteiger partial charge in [-0.25, -0.2) is 17.6 Å². The first-order valence-corrected chi connectivity index (χ1v) is 2.80. The van der Waals surface area contributed by atoms with E-state index in [1.165, 1.54) is 0 Å². The third kappa shape index (κ3) is 4.20. The summed E-state index contributed by atoms with van der Waals surface area (Å²) in [5, 5.41) is 0. The van der Waals surface area contributed by atoms with Crippen molar-refractivity contribution >= 4 is 5.78 Å². The fourth-order valence-electron chi connectivity index (χ4n) is 0.418. The number of hydrogen-bond acceptors (Lipinski definition) is 2. The third-order valence-corrected chi connectivity index (χ3v) is 1.03. The summed E-state index contributed by atoms with van der Waals surface area (Å²) in [5.41, 5.74) is 4.60. The molecule has 0 aliphatic carbocycles. The average Bonchev–Trinajstić information content (AvgIpc) is 2.00. The summed E-state index contributed by atoms with van der Waals surface area (Å²) in [6.45, 7) is -0.778. The van der Waals surface area contributed by atoms with Crippen molar-refractivity contribution in [3.05, 3.63) is 0 Å². The third-order valence-electron chi connectivity index (χ3n) is 1.03. The number of rotatable bonds is 4. The molecule has 7 heteroatoms. The summed E-state index contributed by atoms with van der Waals surface area (Å²) in [7, 11) is 0. The Morgan fingerprint density at radius 1 is 1.25 bits per heavy atom. The van der Waals surface area contributed by atoms with Gasteiger partial charge < -0.3 is 5.73 Å². The van der Waals surface area contributed by atoms with Crippen molar-refractivity contribution < 1.29 is 44.7 Å². The Balaban J connectivity index is 0. The van der Waals surface area contributed by atoms with Crippen LogP contribution in [0.4, 0.5) is 17.6 Å². The number of Topliss-reactive ketones (excluding diaryl/α,β-unsaturated/α-hetero) is 1. The van der Waals surface area contributed by atoms with Crippen molar-refractivity contribution in [3.8, 4) is 0 Å². The molecule has 0 amide bonds. The van der Waals surface area contributed by atoms with Crippen LogP contribution >= 0.6 is 0 Å². The molecule has 12 heavy (non-hydrogen) atoms. The molecule has 2 unspecified atom stereocenters. The second-order valence-corrected chi connectivity index (χ2v) is 1.86. The van der Waals surface area contributed by atoms with Crippen molar-refractivity contribution in [2.75, 3.05) is 6.54 Å². The van der Waals surface area contributed by atoms with E-state index in [1.54, 1.807) is 0 Å². The van der Waals surface area contributed by atoms with E-state index >= 15 is 0 Å². The fourth-order valence-corrected chi connectivity index (χ4v) is 0.418. The van der Waals surface area contributed by atoms with Gasteiger partial charge in [-0.1, -0.05) is 0 Å². The molecule has 0 aromatic carbocycles. The molecular weight excluding hydrogens is 259 g/mol. The maximum absolute atomic E-state index is 12.2. The Morgan fingerprint density at radius 3 is 1.92 bits per heavy atom. The molecule has 0 aromatic heterocycles. The van der Waals surface area contributed by atoms with Crippen molar-refractivity contribution in [1.82, 2.24) is 0 Å². The molecule has 0 aromatic rings. The molecule has 0 saturated carbocycles. The van der Waals surface area contributed by atoms with Gasteiger partial charge in [0.05, 0.1) is 0 Å². The number of hydrogen-bond donors (Lipinski definition) is 1. The standard InChI is InChI=1S/C5H7F4NO.Nb/c6-2(1-10)3(7)4(11)5(8)9;/h2-3,5H,1,10H2;. The van der Waals surface area contributed by atoms with Crippen LogP contribution < -0.4 is 5.73 Å². The number of halogens is 4. The van der Waals surface area contributed by atoms with E-state index in [-0.39, 0.29) is 22.4 Å². The quantitative estimate of drug-likeness (QED) is 0.593. The molecule has 0 spiro atoms. The second kappa shape index (κ2) is 6.59. The zero-order chi connectivity index (χ0) is 9.02. The predicted octanol–water partition coefficient (Wildman–Crippen LogP) is 0.453. The molecule has 71 valence electrons. The van der Waals surface area contributed by atoms with Crippen molar-refractivity contribution in [3.63, 3.8) is 0 Å². The minimum Gasteiger partial charge on any atom is -0.328 e. The van der Waals surface area contributed by atoms with Gasteiger partial charge >= 0.3 is 0 Å². The Labute approximate surface area is 82.0 Å². The van der Waals surface area contributed by atoms with Gasteiger partial charge in [0.25, 0.3) is 6.43 Å². The van der Waals surface area contributed by atoms with E-state index in [9.17, 15) is 22.4 Å². The van der Waals surface area contributed by atoms with Gasteiger partial charge in [0, 0.05) is 28.9 Å². The maximum Gasteiger partial charge on any atom is 0.299 e. The maximum atomic E-state index is 12.2. The van der Waals surface area contributed by atoms with E-state index in [0.717, 1.165) is 0 Å². The summed E-state index contributed by atoms with van der Waals surface area (Å²) >= 11 is 0. The van der Waals surface area contributed by atoms with E-state index < -0.39 is 31.1 Å². The van der Waals surface area contributed by atoms with Crippen LogP contribution in [0.2, 0.25) is 0 Å². The molecule has 2 atom stereocenters. The van der Waals surface area contributed by atoms with E-state index in [4.69, 9.17) is 0 Å². The van der Waals surface area contributed by atoms with Gasteiger partial charge in [-0.2, -0.15) is 0 Å². The van der Waals surface area contributed by atoms with Crippen LogP contribution in [0.1, 0.15) is 0 Å². The first-order chi connectivity index (χ1) is 5.00. The van der Waals surface area contributed by atoms with Crippen molar-refractivity contribution in [2.45, 2.75) is 18.8 Å². The first kappa shape index (κ1) is 14.6. The Hall–Kier alpha value is 0.0903. The first-order valence-electron chi connectivity index (χ1n) is 2.80. The normalized spacial score (nSPS) is 15.2. The largest absolute Gasteiger partial charge is 0.328 e. The molecule has 0 bridgehead atoms. The van der Waals surface area contributed by atoms with Gasteiger partial charge in [-0.3, -0.25) is 4.79 Å². The Bertz CT molecular complexity index is 145. The summed E-state index contributed by atoms with van der Waals surface area (Å²) in [4.78, 5) is 10.0. The average molecular weight is 266 g/mol. The molecule has 2 nitrogen and oxygen atoms in total. The number of alkyl halides is 4. The molecule has 0 rings (SSSR count). The molecule has 1 radical (unpaired) electrons. The van der Waals surface area contributed by atoms with Crippen LogP contribution in [-0.2, 0) is 27.2 Å². The Kier molecular flexibility index (Phi) is 8.02. The van der Waals surface area contributed by atoms with Gasteiger partial charge in [-0.15, -0.1) is 0 Å². The van der Waals surface area contributed by atoms with Crippen LogP contribution in [0.15, 0.2) is 0 Å². The molecule has 0 aliphatic heterocycles. The fraction of sp³-hybridized carbons (Fsp3) is 0.800. The van der Waals surface area contributed by atoms with Gasteiger partial charge in [0.1, 0.15) is 0 Å². The van der Waals surface area contributed by atoms with E-state index in [1.807, 2.05) is 0 Å². The van der Waals surface area contributed by atoms with E-state index in [0.29, 0.717) is 0 Å². The zero-order valence-electron chi connectivity index (χ0n) is 5.88. The minimum absolute atomic E-state index is 0. The smallest absolute Gasteiger partial charge is 0.299 e. The second-order valence-electron chi connectivity index (χ2n) is 1.86. The van der Waals surface area contributed by atoms with Crippen LogP contribution in [0, 0.1) is 0 Å². The monoisotopic (exact) mass is 266 g/mol. The van der Waals surface area contributed by atoms with Gasteiger partial charge in [0.15, 0.2) is 12.3 Å². The van der Waals surface area contributed by atoms with Crippen LogP contribution in [-0.4, -0.2) is 31.1 Å². The predicted molar refractivity (Wildman–Crippen MR) is 29.9 cm³/mol. The molecule has 0 saturated heterocycles. The van der Waals surface area contributed by atoms with Crippen LogP contribution in [0.3, 0.4) is 0 Å². The van der Waals surface area contributed by atoms with Crippen molar-refractivity contribution in [1.29, 1.82) is 0 Å². The molecule has 0 heterocycles. The molecule has 0 fully saturated rings. The summed E-state index contributed by atoms with van der Waals surface area (Å²) in [6.07, 6.45) is -8.62. The van der Waals surface area contributed by atoms with Gasteiger partial charge in [0.2, 0.25) is 5.78 Å². The topological polar surface area (TPSA) is 43.1 Å². The minimum atomic E-state index is -3.48. The van der Waals surface area contributed by atoms with Crippen LogP contribution in [0.25, 0.3) is 0 Å². The molecule has 0 aliphatic rings. The Morgan fingerprint density at radius 2 is 1.67 bits per heavy atom. The van der Waals surface area contributed by atoms with Crippen LogP contribution in [0.5, 0.6) is 0 Å². The number of ketones is 1. The summed E-state index contributed by atoms with van der Waals surface area (Å²) in [5.74, 6) is -2.05. The number of nitrogens with two attached hydrogens (primary N) is 1. The SMILES string of the molecule is NCC(F)C(F)C(=O)C(F)F.[Nb].